The number of rotatable bonds is 6. The Morgan fingerprint density at radius 2 is 2.00 bits per heavy atom. The van der Waals surface area contributed by atoms with E-state index in [1.54, 1.807) is 6.07 Å². The minimum atomic E-state index is -0.0464. The van der Waals surface area contributed by atoms with Gasteiger partial charge in [-0.1, -0.05) is 45.4 Å². The van der Waals surface area contributed by atoms with Gasteiger partial charge in [-0.15, -0.1) is 0 Å². The quantitative estimate of drug-likeness (QED) is 0.837. The summed E-state index contributed by atoms with van der Waals surface area (Å²) in [5.74, 6) is 0.517. The van der Waals surface area contributed by atoms with Gasteiger partial charge in [-0.3, -0.25) is 4.79 Å². The molecule has 0 saturated carbocycles. The molecule has 0 aliphatic rings. The lowest BCUT2D eigenvalue weighted by atomic mass is 9.81. The van der Waals surface area contributed by atoms with Crippen LogP contribution in [0.3, 0.4) is 0 Å². The van der Waals surface area contributed by atoms with E-state index in [9.17, 15) is 4.79 Å². The van der Waals surface area contributed by atoms with Crippen LogP contribution in [0.1, 0.15) is 33.3 Å². The van der Waals surface area contributed by atoms with Gasteiger partial charge in [0.15, 0.2) is 0 Å². The molecule has 4 heteroatoms. The number of anilines is 1. The second-order valence-electron chi connectivity index (χ2n) is 6.25. The molecule has 0 spiro atoms. The van der Waals surface area contributed by atoms with Crippen LogP contribution in [-0.2, 0) is 4.79 Å². The van der Waals surface area contributed by atoms with Crippen molar-refractivity contribution in [1.29, 1.82) is 0 Å². The summed E-state index contributed by atoms with van der Waals surface area (Å²) in [6.45, 7) is 11.8. The maximum absolute atomic E-state index is 11.9. The molecule has 1 rings (SSSR count). The Morgan fingerprint density at radius 3 is 2.60 bits per heavy atom. The summed E-state index contributed by atoms with van der Waals surface area (Å²) in [6, 6.07) is 5.48. The van der Waals surface area contributed by atoms with Crippen LogP contribution in [0.2, 0.25) is 5.02 Å². The minimum absolute atomic E-state index is 0.0464. The topological polar surface area (TPSA) is 41.1 Å². The zero-order chi connectivity index (χ0) is 15.3. The molecule has 0 aliphatic carbocycles. The highest BCUT2D eigenvalue weighted by atomic mass is 35.5. The second kappa shape index (κ2) is 7.09. The van der Waals surface area contributed by atoms with E-state index < -0.39 is 0 Å². The molecule has 0 bridgehead atoms. The molecule has 20 heavy (non-hydrogen) atoms. The molecule has 2 N–H and O–H groups in total. The Bertz CT molecular complexity index is 470. The summed E-state index contributed by atoms with van der Waals surface area (Å²) < 4.78 is 0. The van der Waals surface area contributed by atoms with Gasteiger partial charge in [-0.2, -0.15) is 0 Å². The number of halogens is 1. The van der Waals surface area contributed by atoms with Crippen molar-refractivity contribution < 1.29 is 4.79 Å². The average molecular weight is 297 g/mol. The lowest BCUT2D eigenvalue weighted by molar-refractivity contribution is -0.115. The maximum Gasteiger partial charge on any atom is 0.238 e. The van der Waals surface area contributed by atoms with E-state index in [4.69, 9.17) is 11.6 Å². The maximum atomic E-state index is 11.9. The van der Waals surface area contributed by atoms with Gasteiger partial charge in [0.2, 0.25) is 5.91 Å². The van der Waals surface area contributed by atoms with Crippen LogP contribution in [0.4, 0.5) is 5.69 Å². The van der Waals surface area contributed by atoms with E-state index in [-0.39, 0.29) is 11.3 Å². The molecule has 0 atom stereocenters. The summed E-state index contributed by atoms with van der Waals surface area (Å²) in [6.07, 6.45) is 0. The van der Waals surface area contributed by atoms with Crippen LogP contribution in [0, 0.1) is 18.3 Å². The van der Waals surface area contributed by atoms with E-state index in [1.807, 2.05) is 19.1 Å². The van der Waals surface area contributed by atoms with Gasteiger partial charge in [0.1, 0.15) is 0 Å². The highest BCUT2D eigenvalue weighted by Crippen LogP contribution is 2.24. The van der Waals surface area contributed by atoms with Crippen molar-refractivity contribution in [3.05, 3.63) is 28.8 Å². The molecule has 0 radical (unpaired) electrons. The fraction of sp³-hybridized carbons (Fsp3) is 0.562. The van der Waals surface area contributed by atoms with Crippen molar-refractivity contribution in [2.45, 2.75) is 34.6 Å². The van der Waals surface area contributed by atoms with Crippen LogP contribution in [-0.4, -0.2) is 19.0 Å². The molecule has 0 unspecified atom stereocenters. The summed E-state index contributed by atoms with van der Waals surface area (Å²) in [5, 5.41) is 6.72. The van der Waals surface area contributed by atoms with Crippen LogP contribution in [0.5, 0.6) is 0 Å². The Balaban J connectivity index is 2.47. The van der Waals surface area contributed by atoms with Crippen LogP contribution >= 0.6 is 11.6 Å². The molecule has 1 amide bonds. The number of benzene rings is 1. The number of carbonyl (C=O) groups is 1. The predicted molar refractivity (Wildman–Crippen MR) is 86.3 cm³/mol. The Kier molecular flexibility index (Phi) is 6.03. The van der Waals surface area contributed by atoms with Crippen molar-refractivity contribution >= 4 is 23.2 Å². The number of nitrogens with one attached hydrogen (secondary N) is 2. The third kappa shape index (κ3) is 5.14. The van der Waals surface area contributed by atoms with Gasteiger partial charge >= 0.3 is 0 Å². The van der Waals surface area contributed by atoms with Crippen LogP contribution in [0.15, 0.2) is 18.2 Å². The summed E-state index contributed by atoms with van der Waals surface area (Å²) in [4.78, 5) is 11.9. The van der Waals surface area contributed by atoms with Crippen molar-refractivity contribution in [1.82, 2.24) is 5.32 Å². The van der Waals surface area contributed by atoms with Gasteiger partial charge in [0.05, 0.1) is 6.54 Å². The highest BCUT2D eigenvalue weighted by Gasteiger charge is 2.21. The first-order valence-corrected chi connectivity index (χ1v) is 7.37. The first-order valence-electron chi connectivity index (χ1n) is 6.99. The molecular weight excluding hydrogens is 272 g/mol. The van der Waals surface area contributed by atoms with Crippen molar-refractivity contribution in [2.24, 2.45) is 11.3 Å². The Hall–Kier alpha value is -1.06. The molecule has 112 valence electrons. The fourth-order valence-electron chi connectivity index (χ4n) is 1.63. The highest BCUT2D eigenvalue weighted by molar-refractivity contribution is 6.31. The Morgan fingerprint density at radius 1 is 1.35 bits per heavy atom. The molecule has 0 aliphatic heterocycles. The molecule has 0 saturated heterocycles. The molecule has 0 fully saturated rings. The molecule has 3 nitrogen and oxygen atoms in total. The van der Waals surface area contributed by atoms with Crippen LogP contribution in [0.25, 0.3) is 0 Å². The van der Waals surface area contributed by atoms with Crippen molar-refractivity contribution in [2.75, 3.05) is 18.4 Å². The lowest BCUT2D eigenvalue weighted by Gasteiger charge is -2.29. The second-order valence-corrected chi connectivity index (χ2v) is 6.69. The number of aryl methyl sites for hydroxylation is 1. The SMILES string of the molecule is Cc1ccc(Cl)cc1NC(=O)CNCC(C)(C)C(C)C. The van der Waals surface area contributed by atoms with Gasteiger partial charge in [-0.05, 0) is 36.0 Å². The molecule has 0 heterocycles. The van der Waals surface area contributed by atoms with E-state index >= 15 is 0 Å². The van der Waals surface area contributed by atoms with E-state index in [0.717, 1.165) is 17.8 Å². The summed E-state index contributed by atoms with van der Waals surface area (Å²) >= 11 is 5.93. The van der Waals surface area contributed by atoms with Crippen molar-refractivity contribution in [3.8, 4) is 0 Å². The summed E-state index contributed by atoms with van der Waals surface area (Å²) in [5.41, 5.74) is 1.95. The number of hydrogen-bond acceptors (Lipinski definition) is 2. The van der Waals surface area contributed by atoms with E-state index in [1.165, 1.54) is 0 Å². The molecular formula is C16H25ClN2O. The zero-order valence-corrected chi connectivity index (χ0v) is 13.8. The largest absolute Gasteiger partial charge is 0.325 e. The van der Waals surface area contributed by atoms with Gasteiger partial charge in [-0.25, -0.2) is 0 Å². The van der Waals surface area contributed by atoms with Gasteiger partial charge < -0.3 is 10.6 Å². The number of amides is 1. The third-order valence-electron chi connectivity index (χ3n) is 3.90. The van der Waals surface area contributed by atoms with Crippen LogP contribution < -0.4 is 10.6 Å². The Labute approximate surface area is 127 Å². The molecule has 0 aromatic heterocycles. The van der Waals surface area contributed by atoms with E-state index in [2.05, 4.69) is 38.3 Å². The van der Waals surface area contributed by atoms with Gasteiger partial charge in [0, 0.05) is 17.3 Å². The monoisotopic (exact) mass is 296 g/mol. The average Bonchev–Trinajstić information content (AvgIpc) is 2.33. The smallest absolute Gasteiger partial charge is 0.238 e. The van der Waals surface area contributed by atoms with E-state index in [0.29, 0.717) is 17.5 Å². The minimum Gasteiger partial charge on any atom is -0.325 e. The molecule has 1 aromatic carbocycles. The summed E-state index contributed by atoms with van der Waals surface area (Å²) in [7, 11) is 0. The first kappa shape index (κ1) is 17.0. The normalized spacial score (nSPS) is 11.8. The standard InChI is InChI=1S/C16H25ClN2O/c1-11(2)16(4,5)10-18-9-15(20)19-14-8-13(17)7-6-12(14)3/h6-8,11,18H,9-10H2,1-5H3,(H,19,20). The van der Waals surface area contributed by atoms with Gasteiger partial charge in [0.25, 0.3) is 0 Å². The predicted octanol–water partition coefficient (Wildman–Crippen LogP) is 3.86. The van der Waals surface area contributed by atoms with Crippen molar-refractivity contribution in [3.63, 3.8) is 0 Å². The number of carbonyl (C=O) groups excluding carboxylic acids is 1. The molecule has 1 aromatic rings. The number of hydrogen-bond donors (Lipinski definition) is 2. The fourth-order valence-corrected chi connectivity index (χ4v) is 1.80. The zero-order valence-electron chi connectivity index (χ0n) is 13.0. The third-order valence-corrected chi connectivity index (χ3v) is 4.14. The first-order chi connectivity index (χ1) is 9.22. The lowest BCUT2D eigenvalue weighted by Crippen LogP contribution is -2.37.